The molecule has 1 heterocycles. The molecule has 1 aliphatic heterocycles. The Kier molecular flexibility index (Phi) is 8.59. The third-order valence-electron chi connectivity index (χ3n) is 3.66. The van der Waals surface area contributed by atoms with Gasteiger partial charge in [0.05, 0.1) is 6.04 Å². The van der Waals surface area contributed by atoms with Gasteiger partial charge in [0.1, 0.15) is 0 Å². The van der Waals surface area contributed by atoms with Crippen LogP contribution in [0.3, 0.4) is 0 Å². The van der Waals surface area contributed by atoms with Crippen LogP contribution >= 0.6 is 24.8 Å². The van der Waals surface area contributed by atoms with Gasteiger partial charge in [0, 0.05) is 26.2 Å². The molecular weight excluding hydrogens is 305 g/mol. The van der Waals surface area contributed by atoms with Gasteiger partial charge in [-0.05, 0) is 30.5 Å². The topological polar surface area (TPSA) is 15.3 Å². The highest BCUT2D eigenvalue weighted by Crippen LogP contribution is 2.29. The van der Waals surface area contributed by atoms with Crippen LogP contribution in [0.4, 0.5) is 8.78 Å². The van der Waals surface area contributed by atoms with E-state index in [9.17, 15) is 8.78 Å². The van der Waals surface area contributed by atoms with Crippen molar-refractivity contribution in [2.24, 2.45) is 0 Å². The SMILES string of the molecule is Cc1ccc([C@@H](C(F)F)N2CCNCC2)cc1C.Cl.Cl. The molecule has 2 rings (SSSR count). The Morgan fingerprint density at radius 3 is 2.15 bits per heavy atom. The van der Waals surface area contributed by atoms with Gasteiger partial charge in [-0.15, -0.1) is 24.8 Å². The maximum absolute atomic E-state index is 13.3. The lowest BCUT2D eigenvalue weighted by Crippen LogP contribution is -2.46. The molecule has 0 saturated carbocycles. The molecule has 1 N–H and O–H groups in total. The number of nitrogens with one attached hydrogen (secondary N) is 1. The zero-order valence-electron chi connectivity index (χ0n) is 11.7. The molecule has 1 saturated heterocycles. The first kappa shape index (κ1) is 19.6. The van der Waals surface area contributed by atoms with Gasteiger partial charge in [0.25, 0.3) is 6.43 Å². The molecule has 0 aliphatic carbocycles. The highest BCUT2D eigenvalue weighted by atomic mass is 35.5. The number of hydrogen-bond donors (Lipinski definition) is 1. The fourth-order valence-electron chi connectivity index (χ4n) is 2.42. The molecule has 0 radical (unpaired) electrons. The highest BCUT2D eigenvalue weighted by Gasteiger charge is 2.30. The third-order valence-corrected chi connectivity index (χ3v) is 3.66. The Hall–Kier alpha value is -0.420. The van der Waals surface area contributed by atoms with Crippen LogP contribution < -0.4 is 5.32 Å². The Morgan fingerprint density at radius 1 is 1.05 bits per heavy atom. The minimum atomic E-state index is -2.34. The molecule has 6 heteroatoms. The monoisotopic (exact) mass is 326 g/mol. The lowest BCUT2D eigenvalue weighted by Gasteiger charge is -2.34. The van der Waals surface area contributed by atoms with Crippen molar-refractivity contribution in [2.45, 2.75) is 26.3 Å². The fraction of sp³-hybridized carbons (Fsp3) is 0.571. The standard InChI is InChI=1S/C14H20F2N2.2ClH/c1-10-3-4-12(9-11(10)2)13(14(15)16)18-7-5-17-6-8-18;;/h3-4,9,13-14,17H,5-8H2,1-2H3;2*1H/t13-;;/m0../s1. The van der Waals surface area contributed by atoms with Crippen molar-refractivity contribution in [1.82, 2.24) is 10.2 Å². The summed E-state index contributed by atoms with van der Waals surface area (Å²) in [6, 6.07) is 4.89. The summed E-state index contributed by atoms with van der Waals surface area (Å²) in [7, 11) is 0. The van der Waals surface area contributed by atoms with Gasteiger partial charge >= 0.3 is 0 Å². The molecule has 0 amide bonds. The largest absolute Gasteiger partial charge is 0.314 e. The van der Waals surface area contributed by atoms with Gasteiger partial charge < -0.3 is 5.32 Å². The number of nitrogens with zero attached hydrogens (tertiary/aromatic N) is 1. The molecule has 1 aromatic rings. The van der Waals surface area contributed by atoms with E-state index in [-0.39, 0.29) is 24.8 Å². The number of hydrogen-bond acceptors (Lipinski definition) is 2. The molecule has 0 bridgehead atoms. The van der Waals surface area contributed by atoms with Gasteiger partial charge in [-0.3, -0.25) is 4.90 Å². The summed E-state index contributed by atoms with van der Waals surface area (Å²) in [5.41, 5.74) is 2.95. The van der Waals surface area contributed by atoms with Gasteiger partial charge in [0.15, 0.2) is 0 Å². The second-order valence-electron chi connectivity index (χ2n) is 4.91. The lowest BCUT2D eigenvalue weighted by molar-refractivity contribution is 0.0181. The number of alkyl halides is 2. The van der Waals surface area contributed by atoms with Crippen LogP contribution in [0.15, 0.2) is 18.2 Å². The molecule has 0 aromatic heterocycles. The van der Waals surface area contributed by atoms with Crippen molar-refractivity contribution in [3.8, 4) is 0 Å². The van der Waals surface area contributed by atoms with Gasteiger partial charge in [-0.2, -0.15) is 0 Å². The number of rotatable bonds is 3. The van der Waals surface area contributed by atoms with Crippen molar-refractivity contribution < 1.29 is 8.78 Å². The summed E-state index contributed by atoms with van der Waals surface area (Å²) in [6.07, 6.45) is -2.34. The smallest absolute Gasteiger partial charge is 0.258 e. The highest BCUT2D eigenvalue weighted by molar-refractivity contribution is 5.85. The van der Waals surface area contributed by atoms with E-state index in [0.29, 0.717) is 13.1 Å². The molecule has 0 unspecified atom stereocenters. The van der Waals surface area contributed by atoms with E-state index in [1.54, 1.807) is 0 Å². The van der Waals surface area contributed by atoms with Crippen LogP contribution in [-0.2, 0) is 0 Å². The predicted molar refractivity (Wildman–Crippen MR) is 83.6 cm³/mol. The summed E-state index contributed by atoms with van der Waals surface area (Å²) >= 11 is 0. The molecule has 1 aliphatic rings. The zero-order chi connectivity index (χ0) is 13.1. The first-order valence-electron chi connectivity index (χ1n) is 6.39. The molecule has 1 atom stereocenters. The number of halogens is 4. The van der Waals surface area contributed by atoms with E-state index in [0.717, 1.165) is 29.8 Å². The van der Waals surface area contributed by atoms with E-state index in [1.165, 1.54) is 0 Å². The second-order valence-corrected chi connectivity index (χ2v) is 4.91. The molecule has 1 fully saturated rings. The minimum absolute atomic E-state index is 0. The van der Waals surface area contributed by atoms with E-state index in [2.05, 4.69) is 5.32 Å². The van der Waals surface area contributed by atoms with Crippen LogP contribution in [0.25, 0.3) is 0 Å². The van der Waals surface area contributed by atoms with Gasteiger partial charge in [0.2, 0.25) is 0 Å². The third kappa shape index (κ3) is 4.55. The van der Waals surface area contributed by atoms with Crippen LogP contribution in [0.1, 0.15) is 22.7 Å². The van der Waals surface area contributed by atoms with E-state index < -0.39 is 12.5 Å². The Labute approximate surface area is 131 Å². The quantitative estimate of drug-likeness (QED) is 0.916. The normalized spacial score (nSPS) is 17.2. The van der Waals surface area contributed by atoms with Crippen LogP contribution in [0.2, 0.25) is 0 Å². The summed E-state index contributed by atoms with van der Waals surface area (Å²) in [5.74, 6) is 0. The predicted octanol–water partition coefficient (Wildman–Crippen LogP) is 3.36. The summed E-state index contributed by atoms with van der Waals surface area (Å²) < 4.78 is 26.7. The average molecular weight is 327 g/mol. The van der Waals surface area contributed by atoms with Crippen molar-refractivity contribution in [3.63, 3.8) is 0 Å². The van der Waals surface area contributed by atoms with E-state index in [4.69, 9.17) is 0 Å². The Morgan fingerprint density at radius 2 is 1.65 bits per heavy atom. The number of piperazine rings is 1. The second kappa shape index (κ2) is 8.78. The fourth-order valence-corrected chi connectivity index (χ4v) is 2.42. The first-order chi connectivity index (χ1) is 8.59. The maximum Gasteiger partial charge on any atom is 0.258 e. The summed E-state index contributed by atoms with van der Waals surface area (Å²) in [4.78, 5) is 1.88. The average Bonchev–Trinajstić information content (AvgIpc) is 2.35. The maximum atomic E-state index is 13.3. The van der Waals surface area contributed by atoms with Crippen LogP contribution in [0.5, 0.6) is 0 Å². The first-order valence-corrected chi connectivity index (χ1v) is 6.39. The number of benzene rings is 1. The van der Waals surface area contributed by atoms with Gasteiger partial charge in [-0.1, -0.05) is 18.2 Å². The molecule has 0 spiro atoms. The summed E-state index contributed by atoms with van der Waals surface area (Å²) in [5, 5.41) is 3.19. The minimum Gasteiger partial charge on any atom is -0.314 e. The Bertz CT molecular complexity index is 410. The Balaban J connectivity index is 0.00000180. The van der Waals surface area contributed by atoms with Crippen LogP contribution in [0, 0.1) is 13.8 Å². The van der Waals surface area contributed by atoms with E-state index >= 15 is 0 Å². The van der Waals surface area contributed by atoms with Gasteiger partial charge in [-0.25, -0.2) is 8.78 Å². The molecule has 2 nitrogen and oxygen atoms in total. The molecule has 1 aromatic carbocycles. The van der Waals surface area contributed by atoms with Crippen molar-refractivity contribution >= 4 is 24.8 Å². The van der Waals surface area contributed by atoms with Crippen LogP contribution in [-0.4, -0.2) is 37.5 Å². The van der Waals surface area contributed by atoms with E-state index in [1.807, 2.05) is 36.9 Å². The number of aryl methyl sites for hydroxylation is 2. The molecular formula is C14H22Cl2F2N2. The molecule has 20 heavy (non-hydrogen) atoms. The van der Waals surface area contributed by atoms with Crippen molar-refractivity contribution in [3.05, 3.63) is 34.9 Å². The lowest BCUT2D eigenvalue weighted by atomic mass is 9.99. The van der Waals surface area contributed by atoms with Crippen molar-refractivity contribution in [2.75, 3.05) is 26.2 Å². The zero-order valence-corrected chi connectivity index (χ0v) is 13.4. The molecule has 116 valence electrons. The van der Waals surface area contributed by atoms with Crippen molar-refractivity contribution in [1.29, 1.82) is 0 Å². The summed E-state index contributed by atoms with van der Waals surface area (Å²) in [6.45, 7) is 6.91.